The molecule has 232 valence electrons. The molecule has 10 nitrogen and oxygen atoms in total. The molecule has 2 amide bonds. The third kappa shape index (κ3) is 5.48. The molecule has 3 heterocycles. The predicted octanol–water partition coefficient (Wildman–Crippen LogP) is 3.02. The van der Waals surface area contributed by atoms with Gasteiger partial charge in [0.1, 0.15) is 11.6 Å². The first-order valence-corrected chi connectivity index (χ1v) is 14.2. The van der Waals surface area contributed by atoms with Gasteiger partial charge < -0.3 is 23.5 Å². The molecule has 14 heteroatoms. The molecule has 2 aromatic carbocycles. The molecule has 0 atom stereocenters. The maximum absolute atomic E-state index is 15.2. The first-order valence-electron chi connectivity index (χ1n) is 14.2. The van der Waals surface area contributed by atoms with Crippen LogP contribution in [-0.2, 0) is 33.0 Å². The molecular weight excluding hydrogens is 578 g/mol. The van der Waals surface area contributed by atoms with Crippen LogP contribution in [-0.4, -0.2) is 65.3 Å². The average molecular weight is 611 g/mol. The van der Waals surface area contributed by atoms with Gasteiger partial charge in [0.05, 0.1) is 33.5 Å². The second kappa shape index (κ2) is 10.6. The fraction of sp³-hybridized carbons (Fsp3) is 0.467. The standard InChI is InChI=1S/C30H33B2F2NO9/c1-27(2)28(3,4)42-31(41-27)18-12-16(11-17(13-18)26(39)40-35-23(36)9-10-24(35)37)25(38)19-14-20(22(34)15-21(19)33)32-43-29(5,6)30(7,8)44-32/h11-15H,9-10H2,1-8H3. The van der Waals surface area contributed by atoms with Crippen molar-refractivity contribution in [3.05, 3.63) is 58.7 Å². The first kappa shape index (κ1) is 32.0. The van der Waals surface area contributed by atoms with Gasteiger partial charge in [0.15, 0.2) is 5.78 Å². The molecule has 3 aliphatic heterocycles. The zero-order valence-corrected chi connectivity index (χ0v) is 25.8. The Bertz CT molecular complexity index is 1540. The van der Waals surface area contributed by atoms with E-state index in [0.717, 1.165) is 12.1 Å². The van der Waals surface area contributed by atoms with Gasteiger partial charge >= 0.3 is 20.2 Å². The molecule has 44 heavy (non-hydrogen) atoms. The van der Waals surface area contributed by atoms with Gasteiger partial charge in [-0.1, -0.05) is 6.07 Å². The smallest absolute Gasteiger partial charge is 0.399 e. The summed E-state index contributed by atoms with van der Waals surface area (Å²) in [5, 5.41) is 0.377. The second-order valence-corrected chi connectivity index (χ2v) is 13.2. The van der Waals surface area contributed by atoms with E-state index in [2.05, 4.69) is 0 Å². The summed E-state index contributed by atoms with van der Waals surface area (Å²) in [6, 6.07) is 5.43. The van der Waals surface area contributed by atoms with Crippen LogP contribution in [0.1, 0.15) is 94.5 Å². The molecule has 3 fully saturated rings. The summed E-state index contributed by atoms with van der Waals surface area (Å²) >= 11 is 0. The molecule has 3 aliphatic rings. The zero-order chi connectivity index (χ0) is 32.6. The Kier molecular flexibility index (Phi) is 7.68. The van der Waals surface area contributed by atoms with Crippen LogP contribution in [0, 0.1) is 11.6 Å². The third-order valence-corrected chi connectivity index (χ3v) is 9.00. The molecule has 3 saturated heterocycles. The Morgan fingerprint density at radius 2 is 1.18 bits per heavy atom. The van der Waals surface area contributed by atoms with Crippen molar-refractivity contribution in [3.63, 3.8) is 0 Å². The van der Waals surface area contributed by atoms with Gasteiger partial charge in [-0.25, -0.2) is 13.6 Å². The van der Waals surface area contributed by atoms with E-state index in [9.17, 15) is 19.2 Å². The van der Waals surface area contributed by atoms with Gasteiger partial charge in [0.25, 0.3) is 11.8 Å². The number of halogens is 2. The monoisotopic (exact) mass is 611 g/mol. The van der Waals surface area contributed by atoms with Gasteiger partial charge in [0.2, 0.25) is 0 Å². The number of amides is 2. The molecule has 0 saturated carbocycles. The summed E-state index contributed by atoms with van der Waals surface area (Å²) in [6.07, 6.45) is -0.225. The quantitative estimate of drug-likeness (QED) is 0.276. The second-order valence-electron chi connectivity index (χ2n) is 13.2. The van der Waals surface area contributed by atoms with E-state index >= 15 is 8.78 Å². The SMILES string of the molecule is CC1(C)OB(c2cc(C(=O)ON3C(=O)CCC3=O)cc(C(=O)c3cc(B4OC(C)(C)C(C)(C)O4)c(F)cc3F)c2)OC1(C)C. The largest absolute Gasteiger partial charge is 0.497 e. The predicted molar refractivity (Wildman–Crippen MR) is 154 cm³/mol. The van der Waals surface area contributed by atoms with Crippen molar-refractivity contribution >= 4 is 48.7 Å². The summed E-state index contributed by atoms with van der Waals surface area (Å²) in [6.45, 7) is 14.3. The van der Waals surface area contributed by atoms with Gasteiger partial charge in [0, 0.05) is 29.9 Å². The minimum Gasteiger partial charge on any atom is -0.399 e. The lowest BCUT2D eigenvalue weighted by atomic mass is 9.75. The van der Waals surface area contributed by atoms with E-state index in [1.54, 1.807) is 27.7 Å². The fourth-order valence-electron chi connectivity index (χ4n) is 4.86. The number of carbonyl (C=O) groups excluding carboxylic acids is 4. The lowest BCUT2D eigenvalue weighted by Crippen LogP contribution is -2.41. The molecule has 0 bridgehead atoms. The zero-order valence-electron chi connectivity index (χ0n) is 25.8. The summed E-state index contributed by atoms with van der Waals surface area (Å²) in [5.41, 5.74) is -4.11. The van der Waals surface area contributed by atoms with Crippen LogP contribution in [0.3, 0.4) is 0 Å². The molecule has 5 rings (SSSR count). The summed E-state index contributed by atoms with van der Waals surface area (Å²) in [5.74, 6) is -5.51. The number of imide groups is 1. The van der Waals surface area contributed by atoms with Crippen molar-refractivity contribution in [2.75, 3.05) is 0 Å². The lowest BCUT2D eigenvalue weighted by Gasteiger charge is -2.32. The van der Waals surface area contributed by atoms with Crippen LogP contribution in [0.5, 0.6) is 0 Å². The van der Waals surface area contributed by atoms with Crippen molar-refractivity contribution < 1.29 is 51.4 Å². The van der Waals surface area contributed by atoms with E-state index in [-0.39, 0.29) is 34.9 Å². The van der Waals surface area contributed by atoms with Gasteiger partial charge in [-0.05, 0) is 79.1 Å². The van der Waals surface area contributed by atoms with E-state index in [4.69, 9.17) is 23.5 Å². The van der Waals surface area contributed by atoms with Gasteiger partial charge in [-0.3, -0.25) is 14.4 Å². The number of hydrogen-bond acceptors (Lipinski definition) is 9. The molecular formula is C30H33B2F2NO9. The van der Waals surface area contributed by atoms with Crippen molar-refractivity contribution in [2.45, 2.75) is 90.6 Å². The summed E-state index contributed by atoms with van der Waals surface area (Å²) in [4.78, 5) is 56.2. The molecule has 2 aromatic rings. The van der Waals surface area contributed by atoms with Crippen LogP contribution in [0.25, 0.3) is 0 Å². The van der Waals surface area contributed by atoms with Crippen LogP contribution >= 0.6 is 0 Å². The maximum Gasteiger partial charge on any atom is 0.497 e. The minimum absolute atomic E-state index is 0.112. The van der Waals surface area contributed by atoms with Crippen LogP contribution in [0.15, 0.2) is 30.3 Å². The Morgan fingerprint density at radius 1 is 0.705 bits per heavy atom. The first-order chi connectivity index (χ1) is 20.2. The molecule has 0 spiro atoms. The number of hydroxylamine groups is 2. The van der Waals surface area contributed by atoms with E-state index in [0.29, 0.717) is 11.1 Å². The summed E-state index contributed by atoms with van der Waals surface area (Å²) in [7, 11) is -2.27. The molecule has 0 aliphatic carbocycles. The van der Waals surface area contributed by atoms with E-state index in [1.807, 2.05) is 27.7 Å². The van der Waals surface area contributed by atoms with Crippen LogP contribution in [0.2, 0.25) is 0 Å². The molecule has 0 radical (unpaired) electrons. The molecule has 0 unspecified atom stereocenters. The number of carbonyl (C=O) groups is 4. The highest BCUT2D eigenvalue weighted by molar-refractivity contribution is 6.63. The third-order valence-electron chi connectivity index (χ3n) is 9.00. The maximum atomic E-state index is 15.2. The van der Waals surface area contributed by atoms with Crippen molar-refractivity contribution in [1.82, 2.24) is 5.06 Å². The Morgan fingerprint density at radius 3 is 1.70 bits per heavy atom. The number of ketones is 1. The highest BCUT2D eigenvalue weighted by atomic mass is 19.1. The number of rotatable bonds is 6. The van der Waals surface area contributed by atoms with Gasteiger partial charge in [-0.15, -0.1) is 5.06 Å². The van der Waals surface area contributed by atoms with Crippen molar-refractivity contribution in [2.24, 2.45) is 0 Å². The Hall–Kier alpha value is -3.45. The van der Waals surface area contributed by atoms with Crippen molar-refractivity contribution in [1.29, 1.82) is 0 Å². The molecule has 0 N–H and O–H groups in total. The molecule has 0 aromatic heterocycles. The number of benzene rings is 2. The van der Waals surface area contributed by atoms with E-state index in [1.165, 1.54) is 12.1 Å². The van der Waals surface area contributed by atoms with E-state index < -0.39 is 77.4 Å². The number of hydrogen-bond donors (Lipinski definition) is 0. The topological polar surface area (TPSA) is 118 Å². The number of nitrogens with zero attached hydrogens (tertiary/aromatic N) is 1. The highest BCUT2D eigenvalue weighted by Crippen LogP contribution is 2.38. The van der Waals surface area contributed by atoms with Crippen molar-refractivity contribution in [3.8, 4) is 0 Å². The fourth-order valence-corrected chi connectivity index (χ4v) is 4.86. The Balaban J connectivity index is 1.56. The van der Waals surface area contributed by atoms with Crippen LogP contribution in [0.4, 0.5) is 8.78 Å². The normalized spacial score (nSPS) is 21.7. The minimum atomic E-state index is -1.22. The average Bonchev–Trinajstić information content (AvgIpc) is 3.43. The van der Waals surface area contributed by atoms with Crippen LogP contribution < -0.4 is 10.9 Å². The lowest BCUT2D eigenvalue weighted by molar-refractivity contribution is -0.172. The van der Waals surface area contributed by atoms with Gasteiger partial charge in [-0.2, -0.15) is 0 Å². The highest BCUT2D eigenvalue weighted by Gasteiger charge is 2.53. The Labute approximate surface area is 254 Å². The summed E-state index contributed by atoms with van der Waals surface area (Å²) < 4.78 is 54.3.